The fourth-order valence-electron chi connectivity index (χ4n) is 21.3. The van der Waals surface area contributed by atoms with Crippen molar-refractivity contribution in [2.45, 2.75) is 98.7 Å². The van der Waals surface area contributed by atoms with Crippen LogP contribution in [-0.2, 0) is 0 Å². The summed E-state index contributed by atoms with van der Waals surface area (Å²) in [5.74, 6) is 0. The Morgan fingerprint density at radius 2 is 0.146 bits per heavy atom. The highest BCUT2D eigenvalue weighted by atomic mass is 16.3. The molecule has 24 fully saturated rings. The first kappa shape index (κ1) is 49.9. The van der Waals surface area contributed by atoms with Gasteiger partial charge in [-0.3, -0.25) is 157 Å². The third-order valence-corrected chi connectivity index (χ3v) is 25.1. The first-order valence-electron chi connectivity index (χ1n) is 31.5. The fraction of sp³-hybridized carbons (Fsp3) is 0.667. The number of urea groups is 16. The van der Waals surface area contributed by atoms with Crippen LogP contribution in [0, 0.1) is 0 Å². The van der Waals surface area contributed by atoms with E-state index in [1.54, 1.807) is 0 Å². The Bertz CT molecular complexity index is 2960. The molecule has 24 saturated heterocycles. The van der Waals surface area contributed by atoms with Gasteiger partial charge in [0, 0.05) is 0 Å². The summed E-state index contributed by atoms with van der Waals surface area (Å²) in [6.45, 7) is -8.88. The molecule has 0 saturated carbocycles. The van der Waals surface area contributed by atoms with Crippen LogP contribution < -0.4 is 0 Å². The van der Waals surface area contributed by atoms with Gasteiger partial charge >= 0.3 is 96.5 Å². The number of hydrogen-bond acceptors (Lipinski definition) is 16. The Kier molecular flexibility index (Phi) is 7.61. The number of nitrogens with zero attached hydrogens (tertiary/aromatic N) is 32. The van der Waals surface area contributed by atoms with E-state index in [4.69, 9.17) is 0 Å². The highest BCUT2D eigenvalue weighted by Crippen LogP contribution is 2.53. The molecule has 0 aromatic carbocycles. The second-order valence-corrected chi connectivity index (χ2v) is 28.4. The molecule has 0 spiro atoms. The maximum Gasteiger partial charge on any atom is 0.326 e. The molecule has 24 heterocycles. The van der Waals surface area contributed by atoms with E-state index in [-0.39, 0.29) is 0 Å². The normalized spacial score (nSPS) is 40.3. The highest BCUT2D eigenvalue weighted by molar-refractivity contribution is 5.96. The number of amides is 32. The van der Waals surface area contributed by atoms with Gasteiger partial charge in [0.25, 0.3) is 0 Å². The molecular weight excluding hydrogens is 1300 g/mol. The molecular formula is C48H48N32O16. The second kappa shape index (κ2) is 14.6. The van der Waals surface area contributed by atoms with Crippen molar-refractivity contribution in [2.75, 3.05) is 107 Å². The first-order chi connectivity index (χ1) is 46.3. The van der Waals surface area contributed by atoms with Gasteiger partial charge in [-0.15, -0.1) is 0 Å². The molecule has 48 nitrogen and oxygen atoms in total. The molecule has 32 amide bonds. The standard InChI is InChI=1S/C48H48N32O16/c81-33-49-1-50-18-20-54(34(50)82)4-58-22-24-62(38(58)86)8-66-26-28-70(42(66)90)12-74-30-32-78(46(74)94)15-77-31-29-73(45(77)93)11-69-27-25-65(41(69)89)7-61-23-21-57(37(61)85)3-53(33)19-17(49)51-2-52(18)36(84)56(20)6-60(22)40(88)64(24)10-68(26)44(92)72(28)14-76(30)48(96)80(32)16-79(31)47(95)75(29)13-71(27)43(91)67(25)9-63(23)39(87)59(21)5-55(19)35(51)83/h17-32H,1-16H2/i1+1,2+1,3+1,4+1,5+1,6+1,7+1,8+1,9+1,10+1,11+1,12+1,13+1,14+1,15+1,16+1. The Hall–Kier alpha value is -11.7. The van der Waals surface area contributed by atoms with Crippen LogP contribution in [0.15, 0.2) is 0 Å². The minimum Gasteiger partial charge on any atom is -0.282 e. The zero-order valence-corrected chi connectivity index (χ0v) is 49.4. The average molecular weight is 1340 g/mol. The molecule has 0 atom stereocenters. The fourth-order valence-corrected chi connectivity index (χ4v) is 21.3. The van der Waals surface area contributed by atoms with Crippen molar-refractivity contribution in [1.82, 2.24) is 157 Å². The maximum atomic E-state index is 15.5. The second-order valence-electron chi connectivity index (χ2n) is 28.4. The van der Waals surface area contributed by atoms with Crippen LogP contribution in [0.4, 0.5) is 76.7 Å². The van der Waals surface area contributed by atoms with Crippen molar-refractivity contribution >= 4 is 96.5 Å². The number of carbonyl (C=O) groups excluding carboxylic acids is 16. The smallest absolute Gasteiger partial charge is 0.282 e. The summed E-state index contributed by atoms with van der Waals surface area (Å²) in [7, 11) is 0. The summed E-state index contributed by atoms with van der Waals surface area (Å²) < 4.78 is 0. The lowest BCUT2D eigenvalue weighted by Crippen LogP contribution is -2.63. The minimum absolute atomic E-state index is 0.555. The molecule has 0 aromatic rings. The van der Waals surface area contributed by atoms with E-state index >= 15 is 76.7 Å². The first-order valence-corrected chi connectivity index (χ1v) is 31.5. The van der Waals surface area contributed by atoms with Crippen molar-refractivity contribution in [3.05, 3.63) is 0 Å². The Balaban J connectivity index is 0.661. The van der Waals surface area contributed by atoms with Gasteiger partial charge in [-0.2, -0.15) is 0 Å². The number of carbonyl (C=O) groups is 16. The van der Waals surface area contributed by atoms with E-state index in [2.05, 4.69) is 0 Å². The van der Waals surface area contributed by atoms with Crippen molar-refractivity contribution in [3.8, 4) is 0 Å². The Morgan fingerprint density at radius 1 is 0.104 bits per heavy atom. The lowest BCUT2D eigenvalue weighted by atomic mass is 10.3. The van der Waals surface area contributed by atoms with Gasteiger partial charge in [0.2, 0.25) is 0 Å². The molecule has 0 unspecified atom stereocenters. The number of hydrogen-bond donors (Lipinski definition) is 0. The van der Waals surface area contributed by atoms with Crippen LogP contribution in [0.25, 0.3) is 0 Å². The minimum atomic E-state index is -1.28. The molecule has 496 valence electrons. The molecule has 0 aliphatic carbocycles. The molecule has 96 heavy (non-hydrogen) atoms. The van der Waals surface area contributed by atoms with Crippen LogP contribution in [0.3, 0.4) is 0 Å². The maximum absolute atomic E-state index is 15.5. The molecule has 0 N–H and O–H groups in total. The van der Waals surface area contributed by atoms with Gasteiger partial charge in [-0.1, -0.05) is 0 Å². The average Bonchev–Trinajstić information content (AvgIpc) is 1.52. The monoisotopic (exact) mass is 1340 g/mol. The van der Waals surface area contributed by atoms with E-state index in [9.17, 15) is 0 Å². The van der Waals surface area contributed by atoms with Crippen LogP contribution >= 0.6 is 0 Å². The van der Waals surface area contributed by atoms with Crippen molar-refractivity contribution < 1.29 is 76.7 Å². The van der Waals surface area contributed by atoms with Crippen LogP contribution in [0.2, 0.25) is 0 Å². The molecule has 0 radical (unpaired) electrons. The predicted molar refractivity (Wildman–Crippen MR) is 284 cm³/mol. The quantitative estimate of drug-likeness (QED) is 0.203. The molecule has 24 aliphatic heterocycles. The highest BCUT2D eigenvalue weighted by Gasteiger charge is 2.78. The third-order valence-electron chi connectivity index (χ3n) is 25.1. The van der Waals surface area contributed by atoms with Gasteiger partial charge < -0.3 is 0 Å². The van der Waals surface area contributed by atoms with E-state index in [1.807, 2.05) is 0 Å². The zero-order chi connectivity index (χ0) is 64.3. The van der Waals surface area contributed by atoms with Crippen LogP contribution in [0.5, 0.6) is 0 Å². The van der Waals surface area contributed by atoms with Gasteiger partial charge in [0.05, 0.1) is 0 Å². The van der Waals surface area contributed by atoms with Gasteiger partial charge in [0.1, 0.15) is 107 Å². The summed E-state index contributed by atoms with van der Waals surface area (Å²) in [6.07, 6.45) is -20.4. The lowest BCUT2D eigenvalue weighted by Gasteiger charge is -2.42. The summed E-state index contributed by atoms with van der Waals surface area (Å²) in [5.41, 5.74) is 0. The summed E-state index contributed by atoms with van der Waals surface area (Å²) in [5, 5.41) is 0. The van der Waals surface area contributed by atoms with Crippen molar-refractivity contribution in [3.63, 3.8) is 0 Å². The molecule has 24 rings (SSSR count). The van der Waals surface area contributed by atoms with Crippen molar-refractivity contribution in [1.29, 1.82) is 0 Å². The zero-order valence-electron chi connectivity index (χ0n) is 49.4. The molecule has 24 aliphatic rings. The topological polar surface area (TPSA) is 377 Å². The predicted octanol–water partition coefficient (Wildman–Crippen LogP) is -7.55. The lowest BCUT2D eigenvalue weighted by molar-refractivity contribution is -0.0210. The molecule has 48 heteroatoms. The summed E-state index contributed by atoms with van der Waals surface area (Å²) in [6, 6.07) is -11.9. The van der Waals surface area contributed by atoms with E-state index in [1.165, 1.54) is 157 Å². The SMILES string of the molecule is O=C1N2[13CH2]N3C(=O)N4[13CH2]N5C(=O)N6[13CH2]N7C(=O)N8[13CH2]N9C(=O)N%10[13CH2]N%11C(=O)N%12[13CH2]N%13C(=O)N%14[13CH2]N%15C(=O)N%16[13CH2]N1C1C2N2[13CH2]N%17C(=O)N([13CH2]N%18C(=O)N([13CH2]N%19C(=O)N([13CH2]N%20C(=O)N([13CH2]N%21C(=O)N([13CH2]N%22C(=O)N([13CH2]N%23C(=O)N([13CH2]N1C2=O)C%16C%15%23)C%14C%13%22)C%12C%11%21)C%10C9%20)C8C7%19)C6C5%18)C4C3%17. The van der Waals surface area contributed by atoms with E-state index < -0.39 is 302 Å². The Morgan fingerprint density at radius 3 is 0.188 bits per heavy atom. The van der Waals surface area contributed by atoms with E-state index in [0.717, 1.165) is 0 Å². The van der Waals surface area contributed by atoms with Gasteiger partial charge in [0.15, 0.2) is 98.7 Å². The van der Waals surface area contributed by atoms with Crippen LogP contribution in [-0.4, -0.2) is 459 Å². The molecule has 0 aromatic heterocycles. The Labute approximate surface area is 534 Å². The largest absolute Gasteiger partial charge is 0.326 e. The van der Waals surface area contributed by atoms with Gasteiger partial charge in [-0.25, -0.2) is 76.7 Å². The van der Waals surface area contributed by atoms with E-state index in [0.29, 0.717) is 0 Å². The molecule has 0 bridgehead atoms. The summed E-state index contributed by atoms with van der Waals surface area (Å²) in [4.78, 5) is 289. The van der Waals surface area contributed by atoms with Crippen molar-refractivity contribution in [2.24, 2.45) is 0 Å². The number of rotatable bonds is 0. The third kappa shape index (κ3) is 4.70. The van der Waals surface area contributed by atoms with Gasteiger partial charge in [-0.05, 0) is 0 Å². The van der Waals surface area contributed by atoms with Crippen LogP contribution in [0.1, 0.15) is 0 Å². The summed E-state index contributed by atoms with van der Waals surface area (Å²) >= 11 is 0.